The van der Waals surface area contributed by atoms with Crippen LogP contribution in [0, 0.1) is 0 Å². The first-order chi connectivity index (χ1) is 9.96. The molecule has 0 aliphatic rings. The van der Waals surface area contributed by atoms with Crippen LogP contribution in [0.15, 0.2) is 30.7 Å². The maximum atomic E-state index is 11.0. The van der Waals surface area contributed by atoms with Gasteiger partial charge >= 0.3 is 0 Å². The van der Waals surface area contributed by atoms with Crippen molar-refractivity contribution in [3.63, 3.8) is 0 Å². The molecule has 2 aromatic heterocycles. The van der Waals surface area contributed by atoms with Gasteiger partial charge in [-0.05, 0) is 27.1 Å². The van der Waals surface area contributed by atoms with Crippen LogP contribution in [0.25, 0.3) is 0 Å². The molecule has 0 amide bonds. The number of hydrogen-bond donors (Lipinski definition) is 1. The van der Waals surface area contributed by atoms with Crippen LogP contribution in [0.3, 0.4) is 0 Å². The summed E-state index contributed by atoms with van der Waals surface area (Å²) in [7, 11) is 5.58. The maximum Gasteiger partial charge on any atom is 0.163 e. The van der Waals surface area contributed by atoms with Crippen LogP contribution in [0.1, 0.15) is 18.2 Å². The SMILES string of the molecule is COc1cnn(CCN(C)C)c1C(C)(O)c1cccnc1. The molecule has 6 nitrogen and oxygen atoms in total. The predicted octanol–water partition coefficient (Wildman–Crippen LogP) is 1.10. The predicted molar refractivity (Wildman–Crippen MR) is 80.2 cm³/mol. The molecule has 6 heteroatoms. The highest BCUT2D eigenvalue weighted by atomic mass is 16.5. The van der Waals surface area contributed by atoms with Crippen molar-refractivity contribution in [3.8, 4) is 5.75 Å². The van der Waals surface area contributed by atoms with Gasteiger partial charge in [0.05, 0.1) is 19.9 Å². The molecule has 0 saturated heterocycles. The molecule has 2 aromatic rings. The highest BCUT2D eigenvalue weighted by Gasteiger charge is 2.33. The summed E-state index contributed by atoms with van der Waals surface area (Å²) >= 11 is 0. The van der Waals surface area contributed by atoms with E-state index in [0.717, 1.165) is 6.54 Å². The van der Waals surface area contributed by atoms with Gasteiger partial charge in [-0.1, -0.05) is 6.07 Å². The Balaban J connectivity index is 2.43. The molecule has 0 saturated carbocycles. The molecule has 0 bridgehead atoms. The molecule has 1 unspecified atom stereocenters. The minimum atomic E-state index is -1.22. The standard InChI is InChI=1S/C15H22N4O2/c1-15(20,12-6-5-7-16-10-12)14-13(21-4)11-17-19(14)9-8-18(2)3/h5-7,10-11,20H,8-9H2,1-4H3. The van der Waals surface area contributed by atoms with Crippen molar-refractivity contribution in [3.05, 3.63) is 42.0 Å². The number of methoxy groups -OCH3 is 1. The monoisotopic (exact) mass is 290 g/mol. The summed E-state index contributed by atoms with van der Waals surface area (Å²) in [6.07, 6.45) is 4.97. The maximum absolute atomic E-state index is 11.0. The molecule has 0 fully saturated rings. The Bertz CT molecular complexity index is 579. The Morgan fingerprint density at radius 3 is 2.71 bits per heavy atom. The van der Waals surface area contributed by atoms with Crippen LogP contribution in [0.4, 0.5) is 0 Å². The number of aliphatic hydroxyl groups is 1. The summed E-state index contributed by atoms with van der Waals surface area (Å²) in [5, 5.41) is 15.3. The molecule has 114 valence electrons. The Labute approximate surface area is 125 Å². The molecule has 1 atom stereocenters. The normalized spacial score (nSPS) is 14.2. The zero-order valence-electron chi connectivity index (χ0n) is 12.9. The summed E-state index contributed by atoms with van der Waals surface area (Å²) in [6.45, 7) is 3.22. The first-order valence-electron chi connectivity index (χ1n) is 6.84. The average Bonchev–Trinajstić information content (AvgIpc) is 2.89. The van der Waals surface area contributed by atoms with Crippen molar-refractivity contribution in [1.82, 2.24) is 19.7 Å². The summed E-state index contributed by atoms with van der Waals surface area (Å²) in [4.78, 5) is 6.15. The topological polar surface area (TPSA) is 63.4 Å². The van der Waals surface area contributed by atoms with Gasteiger partial charge in [-0.25, -0.2) is 0 Å². The third kappa shape index (κ3) is 3.22. The largest absolute Gasteiger partial charge is 0.493 e. The van der Waals surface area contributed by atoms with Crippen LogP contribution >= 0.6 is 0 Å². The van der Waals surface area contributed by atoms with Crippen LogP contribution in [0.5, 0.6) is 5.75 Å². The van der Waals surface area contributed by atoms with E-state index in [4.69, 9.17) is 4.74 Å². The summed E-state index contributed by atoms with van der Waals surface area (Å²) in [5.74, 6) is 0.572. The van der Waals surface area contributed by atoms with E-state index in [9.17, 15) is 5.11 Å². The molecule has 0 aliphatic carbocycles. The summed E-state index contributed by atoms with van der Waals surface area (Å²) in [5.41, 5.74) is 0.123. The van der Waals surface area contributed by atoms with E-state index in [1.165, 1.54) is 0 Å². The minimum Gasteiger partial charge on any atom is -0.493 e. The highest BCUT2D eigenvalue weighted by molar-refractivity contribution is 5.38. The second-order valence-electron chi connectivity index (χ2n) is 5.40. The zero-order valence-corrected chi connectivity index (χ0v) is 12.9. The van der Waals surface area contributed by atoms with Crippen LogP contribution in [-0.2, 0) is 12.1 Å². The van der Waals surface area contributed by atoms with Gasteiger partial charge in [0.2, 0.25) is 0 Å². The lowest BCUT2D eigenvalue weighted by molar-refractivity contribution is 0.0873. The number of rotatable bonds is 6. The van der Waals surface area contributed by atoms with Crippen molar-refractivity contribution in [2.75, 3.05) is 27.7 Å². The third-order valence-electron chi connectivity index (χ3n) is 3.47. The Morgan fingerprint density at radius 2 is 2.14 bits per heavy atom. The van der Waals surface area contributed by atoms with E-state index < -0.39 is 5.60 Å². The van der Waals surface area contributed by atoms with Gasteiger partial charge in [-0.3, -0.25) is 9.67 Å². The lowest BCUT2D eigenvalue weighted by Crippen LogP contribution is -2.29. The van der Waals surface area contributed by atoms with Gasteiger partial charge in [0.25, 0.3) is 0 Å². The van der Waals surface area contributed by atoms with E-state index in [2.05, 4.69) is 15.0 Å². The van der Waals surface area contributed by atoms with E-state index >= 15 is 0 Å². The lowest BCUT2D eigenvalue weighted by atomic mass is 9.93. The van der Waals surface area contributed by atoms with Crippen LogP contribution in [-0.4, -0.2) is 52.5 Å². The Hall–Kier alpha value is -1.92. The molecule has 2 heterocycles. The third-order valence-corrected chi connectivity index (χ3v) is 3.47. The summed E-state index contributed by atoms with van der Waals surface area (Å²) in [6, 6.07) is 3.65. The molecule has 0 aliphatic heterocycles. The van der Waals surface area contributed by atoms with E-state index in [1.807, 2.05) is 20.2 Å². The quantitative estimate of drug-likeness (QED) is 0.863. The number of likely N-dealkylation sites (N-methyl/N-ethyl adjacent to an activating group) is 1. The number of ether oxygens (including phenoxy) is 1. The highest BCUT2D eigenvalue weighted by Crippen LogP contribution is 2.34. The van der Waals surface area contributed by atoms with Gasteiger partial charge < -0.3 is 14.7 Å². The summed E-state index contributed by atoms with van der Waals surface area (Å²) < 4.78 is 7.15. The van der Waals surface area contributed by atoms with Crippen molar-refractivity contribution < 1.29 is 9.84 Å². The van der Waals surface area contributed by atoms with Gasteiger partial charge in [-0.2, -0.15) is 5.10 Å². The van der Waals surface area contributed by atoms with Gasteiger partial charge in [-0.15, -0.1) is 0 Å². The molecular weight excluding hydrogens is 268 g/mol. The molecule has 1 N–H and O–H groups in total. The van der Waals surface area contributed by atoms with Crippen LogP contribution in [0.2, 0.25) is 0 Å². The first kappa shape index (κ1) is 15.5. The molecule has 0 aromatic carbocycles. The lowest BCUT2D eigenvalue weighted by Gasteiger charge is -2.26. The Kier molecular flexibility index (Phi) is 4.59. The smallest absolute Gasteiger partial charge is 0.163 e. The van der Waals surface area contributed by atoms with E-state index in [0.29, 0.717) is 23.6 Å². The second kappa shape index (κ2) is 6.24. The number of hydrogen-bond acceptors (Lipinski definition) is 5. The fourth-order valence-corrected chi connectivity index (χ4v) is 2.26. The minimum absolute atomic E-state index is 0.572. The van der Waals surface area contributed by atoms with Gasteiger partial charge in [0, 0.05) is 24.5 Å². The second-order valence-corrected chi connectivity index (χ2v) is 5.40. The van der Waals surface area contributed by atoms with Crippen molar-refractivity contribution in [2.45, 2.75) is 19.1 Å². The first-order valence-corrected chi connectivity index (χ1v) is 6.84. The van der Waals surface area contributed by atoms with Crippen molar-refractivity contribution >= 4 is 0 Å². The zero-order chi connectivity index (χ0) is 15.5. The Morgan fingerprint density at radius 1 is 1.38 bits per heavy atom. The molecule has 0 radical (unpaired) electrons. The van der Waals surface area contributed by atoms with Gasteiger partial charge in [0.15, 0.2) is 5.75 Å². The molecule has 2 rings (SSSR count). The number of pyridine rings is 1. The molecule has 21 heavy (non-hydrogen) atoms. The van der Waals surface area contributed by atoms with Crippen molar-refractivity contribution in [2.24, 2.45) is 0 Å². The average molecular weight is 290 g/mol. The van der Waals surface area contributed by atoms with Crippen molar-refractivity contribution in [1.29, 1.82) is 0 Å². The van der Waals surface area contributed by atoms with Crippen LogP contribution < -0.4 is 4.74 Å². The molecule has 0 spiro atoms. The van der Waals surface area contributed by atoms with E-state index in [1.54, 1.807) is 43.4 Å². The number of aromatic nitrogens is 3. The fourth-order valence-electron chi connectivity index (χ4n) is 2.26. The molecular formula is C15H22N4O2. The fraction of sp³-hybridized carbons (Fsp3) is 0.467. The van der Waals surface area contributed by atoms with E-state index in [-0.39, 0.29) is 0 Å². The number of nitrogens with zero attached hydrogens (tertiary/aromatic N) is 4. The van der Waals surface area contributed by atoms with Gasteiger partial charge in [0.1, 0.15) is 11.3 Å².